The van der Waals surface area contributed by atoms with E-state index in [1.807, 2.05) is 38.1 Å². The van der Waals surface area contributed by atoms with Crippen LogP contribution < -0.4 is 5.56 Å². The topological polar surface area (TPSA) is 67.9 Å². The standard InChI is InChI=1S/C16H17N3O2/c1-11-4-5-14(12(2)8-11)15-9-13(10-17)16(20)19(18-15)6-7-21-3/h4-5,8-9H,6-7H2,1-3H3. The van der Waals surface area contributed by atoms with Crippen LogP contribution in [0.5, 0.6) is 0 Å². The Kier molecular flexibility index (Phi) is 4.51. The smallest absolute Gasteiger partial charge is 0.284 e. The van der Waals surface area contributed by atoms with Crippen molar-refractivity contribution in [3.63, 3.8) is 0 Å². The minimum Gasteiger partial charge on any atom is -0.383 e. The highest BCUT2D eigenvalue weighted by Crippen LogP contribution is 2.22. The Balaban J connectivity index is 2.58. The fourth-order valence-electron chi connectivity index (χ4n) is 2.18. The second kappa shape index (κ2) is 6.33. The predicted octanol–water partition coefficient (Wildman–Crippen LogP) is 2.05. The molecule has 0 amide bonds. The second-order valence-corrected chi connectivity index (χ2v) is 4.89. The highest BCUT2D eigenvalue weighted by atomic mass is 16.5. The van der Waals surface area contributed by atoms with Crippen molar-refractivity contribution in [3.8, 4) is 17.3 Å². The van der Waals surface area contributed by atoms with Crippen LogP contribution in [0.1, 0.15) is 16.7 Å². The van der Waals surface area contributed by atoms with E-state index in [-0.39, 0.29) is 11.1 Å². The zero-order valence-corrected chi connectivity index (χ0v) is 12.4. The predicted molar refractivity (Wildman–Crippen MR) is 80.0 cm³/mol. The molecule has 5 heteroatoms. The molecule has 0 bridgehead atoms. The van der Waals surface area contributed by atoms with Gasteiger partial charge in [-0.2, -0.15) is 10.4 Å². The number of methoxy groups -OCH3 is 1. The van der Waals surface area contributed by atoms with Crippen molar-refractivity contribution >= 4 is 0 Å². The first-order valence-electron chi connectivity index (χ1n) is 6.65. The van der Waals surface area contributed by atoms with Gasteiger partial charge in [-0.15, -0.1) is 0 Å². The van der Waals surface area contributed by atoms with Gasteiger partial charge in [0, 0.05) is 12.7 Å². The molecule has 0 N–H and O–H groups in total. The van der Waals surface area contributed by atoms with Crippen LogP contribution in [0, 0.1) is 25.2 Å². The quantitative estimate of drug-likeness (QED) is 0.861. The third kappa shape index (κ3) is 3.18. The Morgan fingerprint density at radius 1 is 1.33 bits per heavy atom. The molecule has 1 aromatic carbocycles. The monoisotopic (exact) mass is 283 g/mol. The minimum atomic E-state index is -0.386. The van der Waals surface area contributed by atoms with E-state index in [9.17, 15) is 4.79 Å². The third-order valence-corrected chi connectivity index (χ3v) is 3.26. The lowest BCUT2D eigenvalue weighted by atomic mass is 10.0. The van der Waals surface area contributed by atoms with Crippen molar-refractivity contribution in [2.24, 2.45) is 0 Å². The third-order valence-electron chi connectivity index (χ3n) is 3.26. The summed E-state index contributed by atoms with van der Waals surface area (Å²) >= 11 is 0. The molecule has 108 valence electrons. The Morgan fingerprint density at radius 2 is 2.10 bits per heavy atom. The molecule has 0 radical (unpaired) electrons. The highest BCUT2D eigenvalue weighted by Gasteiger charge is 2.11. The molecule has 1 aromatic heterocycles. The molecule has 0 aliphatic heterocycles. The number of nitrogens with zero attached hydrogens (tertiary/aromatic N) is 3. The molecule has 0 saturated heterocycles. The van der Waals surface area contributed by atoms with Gasteiger partial charge >= 0.3 is 0 Å². The summed E-state index contributed by atoms with van der Waals surface area (Å²) in [6, 6.07) is 9.48. The first-order chi connectivity index (χ1) is 10.1. The fourth-order valence-corrected chi connectivity index (χ4v) is 2.18. The molecule has 0 aliphatic rings. The van der Waals surface area contributed by atoms with Gasteiger partial charge in [-0.1, -0.05) is 23.8 Å². The Labute approximate surface area is 123 Å². The van der Waals surface area contributed by atoms with Gasteiger partial charge in [0.1, 0.15) is 11.6 Å². The molecular formula is C16H17N3O2. The first kappa shape index (κ1) is 14.9. The van der Waals surface area contributed by atoms with Crippen LogP contribution in [0.2, 0.25) is 0 Å². The molecule has 0 unspecified atom stereocenters. The lowest BCUT2D eigenvalue weighted by Crippen LogP contribution is -2.27. The van der Waals surface area contributed by atoms with Crippen molar-refractivity contribution in [1.82, 2.24) is 9.78 Å². The molecule has 21 heavy (non-hydrogen) atoms. The first-order valence-corrected chi connectivity index (χ1v) is 6.65. The van der Waals surface area contributed by atoms with Crippen LogP contribution in [-0.2, 0) is 11.3 Å². The summed E-state index contributed by atoms with van der Waals surface area (Å²) in [5.41, 5.74) is 3.47. The van der Waals surface area contributed by atoms with E-state index in [1.54, 1.807) is 13.2 Å². The second-order valence-electron chi connectivity index (χ2n) is 4.89. The Hall–Kier alpha value is -2.45. The summed E-state index contributed by atoms with van der Waals surface area (Å²) in [7, 11) is 1.56. The average Bonchev–Trinajstić information content (AvgIpc) is 2.46. The van der Waals surface area contributed by atoms with Gasteiger partial charge in [-0.25, -0.2) is 4.68 Å². The van der Waals surface area contributed by atoms with E-state index >= 15 is 0 Å². The van der Waals surface area contributed by atoms with Crippen LogP contribution >= 0.6 is 0 Å². The molecule has 0 aliphatic carbocycles. The van der Waals surface area contributed by atoms with Crippen LogP contribution in [0.4, 0.5) is 0 Å². The maximum absolute atomic E-state index is 12.1. The van der Waals surface area contributed by atoms with Gasteiger partial charge in [0.15, 0.2) is 0 Å². The summed E-state index contributed by atoms with van der Waals surface area (Å²) in [4.78, 5) is 12.1. The minimum absolute atomic E-state index is 0.0936. The van der Waals surface area contributed by atoms with E-state index in [0.29, 0.717) is 18.8 Å². The lowest BCUT2D eigenvalue weighted by Gasteiger charge is -2.10. The van der Waals surface area contributed by atoms with Crippen molar-refractivity contribution in [2.75, 3.05) is 13.7 Å². The molecule has 2 rings (SSSR count). The molecule has 5 nitrogen and oxygen atoms in total. The van der Waals surface area contributed by atoms with Gasteiger partial charge in [-0.05, 0) is 25.5 Å². The van der Waals surface area contributed by atoms with Crippen molar-refractivity contribution in [3.05, 3.63) is 51.3 Å². The Morgan fingerprint density at radius 3 is 2.71 bits per heavy atom. The number of aromatic nitrogens is 2. The van der Waals surface area contributed by atoms with E-state index < -0.39 is 0 Å². The lowest BCUT2D eigenvalue weighted by molar-refractivity contribution is 0.182. The van der Waals surface area contributed by atoms with Crippen LogP contribution in [-0.4, -0.2) is 23.5 Å². The summed E-state index contributed by atoms with van der Waals surface area (Å²) < 4.78 is 6.27. The maximum atomic E-state index is 12.1. The van der Waals surface area contributed by atoms with Crippen molar-refractivity contribution < 1.29 is 4.74 Å². The number of hydrogen-bond acceptors (Lipinski definition) is 4. The molecule has 0 spiro atoms. The van der Waals surface area contributed by atoms with Crippen LogP contribution in [0.3, 0.4) is 0 Å². The summed E-state index contributed by atoms with van der Waals surface area (Å²) in [5.74, 6) is 0. The maximum Gasteiger partial charge on any atom is 0.284 e. The van der Waals surface area contributed by atoms with Gasteiger partial charge < -0.3 is 4.74 Å². The number of aryl methyl sites for hydroxylation is 2. The molecule has 2 aromatic rings. The van der Waals surface area contributed by atoms with Gasteiger partial charge in [0.25, 0.3) is 5.56 Å². The molecule has 0 atom stereocenters. The van der Waals surface area contributed by atoms with E-state index in [1.165, 1.54) is 4.68 Å². The summed E-state index contributed by atoms with van der Waals surface area (Å²) in [6.45, 7) is 4.70. The normalized spacial score (nSPS) is 10.4. The molecular weight excluding hydrogens is 266 g/mol. The Bertz CT molecular complexity index is 757. The number of nitriles is 1. The number of hydrogen-bond donors (Lipinski definition) is 0. The summed E-state index contributed by atoms with van der Waals surface area (Å²) in [5, 5.41) is 13.5. The van der Waals surface area contributed by atoms with E-state index in [4.69, 9.17) is 10.00 Å². The van der Waals surface area contributed by atoms with E-state index in [2.05, 4.69) is 5.10 Å². The molecule has 1 heterocycles. The fraction of sp³-hybridized carbons (Fsp3) is 0.312. The van der Waals surface area contributed by atoms with E-state index in [0.717, 1.165) is 16.7 Å². The zero-order chi connectivity index (χ0) is 15.4. The van der Waals surface area contributed by atoms with Gasteiger partial charge in [0.2, 0.25) is 0 Å². The number of ether oxygens (including phenoxy) is 1. The SMILES string of the molecule is COCCn1nc(-c2ccc(C)cc2C)cc(C#N)c1=O. The highest BCUT2D eigenvalue weighted by molar-refractivity contribution is 5.64. The molecule has 0 fully saturated rings. The van der Waals surface area contributed by atoms with Crippen molar-refractivity contribution in [2.45, 2.75) is 20.4 Å². The number of benzene rings is 1. The van der Waals surface area contributed by atoms with Crippen LogP contribution in [0.25, 0.3) is 11.3 Å². The molecule has 0 saturated carbocycles. The summed E-state index contributed by atoms with van der Waals surface area (Å²) in [6.07, 6.45) is 0. The largest absolute Gasteiger partial charge is 0.383 e. The van der Waals surface area contributed by atoms with Crippen LogP contribution in [0.15, 0.2) is 29.1 Å². The zero-order valence-electron chi connectivity index (χ0n) is 12.4. The number of rotatable bonds is 4. The van der Waals surface area contributed by atoms with Gasteiger partial charge in [-0.3, -0.25) is 4.79 Å². The van der Waals surface area contributed by atoms with Gasteiger partial charge in [0.05, 0.1) is 18.8 Å². The average molecular weight is 283 g/mol. The van der Waals surface area contributed by atoms with Crippen molar-refractivity contribution in [1.29, 1.82) is 5.26 Å².